The van der Waals surface area contributed by atoms with Gasteiger partial charge in [-0.15, -0.1) is 0 Å². The van der Waals surface area contributed by atoms with E-state index in [1.165, 1.54) is 6.92 Å². The van der Waals surface area contributed by atoms with Gasteiger partial charge in [-0.3, -0.25) is 4.79 Å². The number of carbonyl (C=O) groups excluding carboxylic acids is 2. The number of Topliss-reactive ketones (excluding diaryl/α,β-unsaturated/α-hetero) is 1. The van der Waals surface area contributed by atoms with Crippen LogP contribution in [0.25, 0.3) is 0 Å². The Labute approximate surface area is 120 Å². The first-order chi connectivity index (χ1) is 9.77. The summed E-state index contributed by atoms with van der Waals surface area (Å²) in [5, 5.41) is 11.2. The van der Waals surface area contributed by atoms with E-state index < -0.39 is 29.6 Å². The predicted octanol–water partition coefficient (Wildman–Crippen LogP) is 1.45. The van der Waals surface area contributed by atoms with Gasteiger partial charge in [0, 0.05) is 12.5 Å². The van der Waals surface area contributed by atoms with Gasteiger partial charge in [0.15, 0.2) is 0 Å². The van der Waals surface area contributed by atoms with Gasteiger partial charge < -0.3 is 15.2 Å². The van der Waals surface area contributed by atoms with Gasteiger partial charge in [-0.1, -0.05) is 0 Å². The summed E-state index contributed by atoms with van der Waals surface area (Å²) in [6.07, 6.45) is -0.363. The molecule has 0 aliphatic carbocycles. The molecule has 1 aromatic carbocycles. The fourth-order valence-electron chi connectivity index (χ4n) is 1.75. The van der Waals surface area contributed by atoms with Crippen LogP contribution >= 0.6 is 0 Å². The van der Waals surface area contributed by atoms with Gasteiger partial charge in [0.2, 0.25) is 5.91 Å². The van der Waals surface area contributed by atoms with E-state index in [2.05, 4.69) is 5.32 Å². The molecule has 1 atom stereocenters. The van der Waals surface area contributed by atoms with Gasteiger partial charge >= 0.3 is 5.97 Å². The molecular formula is C14H15F2NO4. The Kier molecular flexibility index (Phi) is 5.95. The third-order valence-electron chi connectivity index (χ3n) is 2.71. The number of rotatable bonds is 7. The molecule has 0 aliphatic heterocycles. The summed E-state index contributed by atoms with van der Waals surface area (Å²) in [6.45, 7) is 1.32. The van der Waals surface area contributed by atoms with E-state index in [9.17, 15) is 23.2 Å². The predicted molar refractivity (Wildman–Crippen MR) is 69.5 cm³/mol. The number of hydrogen-bond donors (Lipinski definition) is 2. The normalized spacial score (nSPS) is 11.8. The lowest BCUT2D eigenvalue weighted by atomic mass is 10.1. The Morgan fingerprint density at radius 1 is 1.19 bits per heavy atom. The lowest BCUT2D eigenvalue weighted by Crippen LogP contribution is -2.41. The molecule has 0 heterocycles. The van der Waals surface area contributed by atoms with Crippen molar-refractivity contribution in [2.24, 2.45) is 0 Å². The van der Waals surface area contributed by atoms with Gasteiger partial charge in [0.25, 0.3) is 0 Å². The maximum absolute atomic E-state index is 13.0. The van der Waals surface area contributed by atoms with Gasteiger partial charge in [-0.25, -0.2) is 13.6 Å². The smallest absolute Gasteiger partial charge is 0.326 e. The maximum Gasteiger partial charge on any atom is 0.326 e. The zero-order valence-corrected chi connectivity index (χ0v) is 11.4. The Morgan fingerprint density at radius 2 is 1.76 bits per heavy atom. The van der Waals surface area contributed by atoms with Gasteiger partial charge in [0.05, 0.1) is 6.42 Å². The van der Waals surface area contributed by atoms with E-state index in [-0.39, 0.29) is 30.6 Å². The molecule has 0 aliphatic rings. The fraction of sp³-hybridized carbons (Fsp3) is 0.357. The molecular weight excluding hydrogens is 284 g/mol. The first-order valence-corrected chi connectivity index (χ1v) is 6.24. The average Bonchev–Trinajstić information content (AvgIpc) is 2.32. The van der Waals surface area contributed by atoms with Crippen molar-refractivity contribution in [3.8, 4) is 0 Å². The molecule has 5 nitrogen and oxygen atoms in total. The SMILES string of the molecule is CC(=O)CC[C@@H](NC(=O)Cc1cc(F)cc(F)c1)C(=O)O. The van der Waals surface area contributed by atoms with Crippen molar-refractivity contribution < 1.29 is 28.3 Å². The molecule has 0 aromatic heterocycles. The number of carboxylic acid groups (broad SMARTS) is 1. The Balaban J connectivity index is 2.65. The zero-order valence-electron chi connectivity index (χ0n) is 11.4. The Bertz CT molecular complexity index is 540. The van der Waals surface area contributed by atoms with E-state index in [0.29, 0.717) is 6.07 Å². The van der Waals surface area contributed by atoms with E-state index in [1.54, 1.807) is 0 Å². The molecule has 1 aromatic rings. The summed E-state index contributed by atoms with van der Waals surface area (Å²) in [5.41, 5.74) is 0.0979. The van der Waals surface area contributed by atoms with E-state index in [1.807, 2.05) is 0 Å². The lowest BCUT2D eigenvalue weighted by Gasteiger charge is -2.13. The molecule has 0 spiro atoms. The fourth-order valence-corrected chi connectivity index (χ4v) is 1.75. The minimum absolute atomic E-state index is 0.0197. The average molecular weight is 299 g/mol. The van der Waals surface area contributed by atoms with Crippen molar-refractivity contribution in [3.63, 3.8) is 0 Å². The summed E-state index contributed by atoms with van der Waals surface area (Å²) in [6, 6.07) is 1.45. The highest BCUT2D eigenvalue weighted by atomic mass is 19.1. The maximum atomic E-state index is 13.0. The van der Waals surface area contributed by atoms with Gasteiger partial charge in [-0.05, 0) is 31.0 Å². The molecule has 1 amide bonds. The molecule has 2 N–H and O–H groups in total. The molecule has 114 valence electrons. The molecule has 21 heavy (non-hydrogen) atoms. The third-order valence-corrected chi connectivity index (χ3v) is 2.71. The number of amides is 1. The second-order valence-corrected chi connectivity index (χ2v) is 4.65. The van der Waals surface area contributed by atoms with Crippen molar-refractivity contribution in [2.75, 3.05) is 0 Å². The van der Waals surface area contributed by atoms with E-state index in [0.717, 1.165) is 12.1 Å². The molecule has 7 heteroatoms. The van der Waals surface area contributed by atoms with Crippen molar-refractivity contribution in [2.45, 2.75) is 32.2 Å². The number of halogens is 2. The van der Waals surface area contributed by atoms with Crippen LogP contribution in [-0.4, -0.2) is 28.8 Å². The number of ketones is 1. The van der Waals surface area contributed by atoms with E-state index in [4.69, 9.17) is 5.11 Å². The van der Waals surface area contributed by atoms with Crippen LogP contribution in [0.15, 0.2) is 18.2 Å². The second kappa shape index (κ2) is 7.47. The van der Waals surface area contributed by atoms with Crippen LogP contribution in [0.1, 0.15) is 25.3 Å². The summed E-state index contributed by atoms with van der Waals surface area (Å²) in [4.78, 5) is 33.5. The number of nitrogens with one attached hydrogen (secondary N) is 1. The van der Waals surface area contributed by atoms with Gasteiger partial charge in [-0.2, -0.15) is 0 Å². The topological polar surface area (TPSA) is 83.5 Å². The van der Waals surface area contributed by atoms with Crippen LogP contribution < -0.4 is 5.32 Å². The summed E-state index contributed by atoms with van der Waals surface area (Å²) < 4.78 is 26.0. The molecule has 1 rings (SSSR count). The number of carboxylic acids is 1. The van der Waals surface area contributed by atoms with Crippen molar-refractivity contribution in [1.82, 2.24) is 5.32 Å². The van der Waals surface area contributed by atoms with Crippen LogP contribution in [0.3, 0.4) is 0 Å². The Hall–Kier alpha value is -2.31. The second-order valence-electron chi connectivity index (χ2n) is 4.65. The Morgan fingerprint density at radius 3 is 2.24 bits per heavy atom. The minimum atomic E-state index is -1.27. The van der Waals surface area contributed by atoms with Crippen LogP contribution in [0.4, 0.5) is 8.78 Å². The molecule has 0 bridgehead atoms. The number of hydrogen-bond acceptors (Lipinski definition) is 3. The number of carbonyl (C=O) groups is 3. The summed E-state index contributed by atoms with van der Waals surface area (Å²) in [5.74, 6) is -3.78. The summed E-state index contributed by atoms with van der Waals surface area (Å²) >= 11 is 0. The lowest BCUT2D eigenvalue weighted by molar-refractivity contribution is -0.142. The monoisotopic (exact) mass is 299 g/mol. The molecule has 0 unspecified atom stereocenters. The van der Waals surface area contributed by atoms with Crippen molar-refractivity contribution >= 4 is 17.7 Å². The number of benzene rings is 1. The van der Waals surface area contributed by atoms with Crippen LogP contribution in [0.2, 0.25) is 0 Å². The first kappa shape index (κ1) is 16.7. The summed E-state index contributed by atoms with van der Waals surface area (Å²) in [7, 11) is 0. The third kappa shape index (κ3) is 6.11. The van der Waals surface area contributed by atoms with Crippen molar-refractivity contribution in [3.05, 3.63) is 35.4 Å². The van der Waals surface area contributed by atoms with Crippen molar-refractivity contribution in [1.29, 1.82) is 0 Å². The standard InChI is InChI=1S/C14H15F2NO4/c1-8(18)2-3-12(14(20)21)17-13(19)6-9-4-10(15)7-11(16)5-9/h4-5,7,12H,2-3,6H2,1H3,(H,17,19)(H,20,21)/t12-/m1/s1. The minimum Gasteiger partial charge on any atom is -0.480 e. The largest absolute Gasteiger partial charge is 0.480 e. The quantitative estimate of drug-likeness (QED) is 0.798. The molecule has 0 fully saturated rings. The van der Waals surface area contributed by atoms with Crippen LogP contribution in [0.5, 0.6) is 0 Å². The molecule has 0 saturated carbocycles. The molecule has 0 saturated heterocycles. The highest BCUT2D eigenvalue weighted by Crippen LogP contribution is 2.09. The van der Waals surface area contributed by atoms with Crippen LogP contribution in [0, 0.1) is 11.6 Å². The van der Waals surface area contributed by atoms with E-state index >= 15 is 0 Å². The highest BCUT2D eigenvalue weighted by Gasteiger charge is 2.20. The zero-order chi connectivity index (χ0) is 16.0. The first-order valence-electron chi connectivity index (χ1n) is 6.24. The van der Waals surface area contributed by atoms with Gasteiger partial charge in [0.1, 0.15) is 23.5 Å². The molecule has 0 radical (unpaired) electrons. The number of aliphatic carboxylic acids is 1. The highest BCUT2D eigenvalue weighted by molar-refractivity contribution is 5.85. The van der Waals surface area contributed by atoms with Crippen LogP contribution in [-0.2, 0) is 20.8 Å².